The quantitative estimate of drug-likeness (QED) is 0.925. The number of fused-ring (bicyclic) bond motifs is 2. The van der Waals surface area contributed by atoms with Crippen LogP contribution >= 0.6 is 11.6 Å². The average molecular weight is 298 g/mol. The largest absolute Gasteiger partial charge is 0.389 e. The maximum absolute atomic E-state index is 11.1. The second-order valence-corrected chi connectivity index (χ2v) is 6.57. The number of aliphatic hydroxyl groups is 1. The first-order valence-corrected chi connectivity index (χ1v) is 8.14. The third kappa shape index (κ3) is 2.28. The lowest BCUT2D eigenvalue weighted by Gasteiger charge is -2.39. The summed E-state index contributed by atoms with van der Waals surface area (Å²) in [6.45, 7) is 8.13. The third-order valence-electron chi connectivity index (χ3n) is 5.06. The Balaban J connectivity index is 1.88. The van der Waals surface area contributed by atoms with Crippen molar-refractivity contribution < 1.29 is 5.11 Å². The SMILES string of the molecule is CCc1nn(CC)c(CC2(O)CCN3CCC2C3)c1Cl. The zero-order chi connectivity index (χ0) is 14.3. The molecule has 1 aromatic heterocycles. The smallest absolute Gasteiger partial charge is 0.0850 e. The zero-order valence-corrected chi connectivity index (χ0v) is 13.2. The molecule has 0 spiro atoms. The van der Waals surface area contributed by atoms with Crippen LogP contribution in [0.15, 0.2) is 0 Å². The van der Waals surface area contributed by atoms with E-state index in [1.165, 1.54) is 0 Å². The highest BCUT2D eigenvalue weighted by Gasteiger charge is 2.45. The summed E-state index contributed by atoms with van der Waals surface area (Å²) in [7, 11) is 0. The zero-order valence-electron chi connectivity index (χ0n) is 12.4. The predicted octanol–water partition coefficient (Wildman–Crippen LogP) is 2.12. The van der Waals surface area contributed by atoms with E-state index in [0.717, 1.165) is 61.9 Å². The fourth-order valence-corrected chi connectivity index (χ4v) is 4.07. The Kier molecular flexibility index (Phi) is 3.82. The Morgan fingerprint density at radius 3 is 2.90 bits per heavy atom. The van der Waals surface area contributed by atoms with Crippen LogP contribution in [0.3, 0.4) is 0 Å². The van der Waals surface area contributed by atoms with Crippen molar-refractivity contribution in [2.24, 2.45) is 5.92 Å². The summed E-state index contributed by atoms with van der Waals surface area (Å²) in [5.41, 5.74) is 1.37. The summed E-state index contributed by atoms with van der Waals surface area (Å²) in [5.74, 6) is 0.387. The molecule has 20 heavy (non-hydrogen) atoms. The van der Waals surface area contributed by atoms with Crippen LogP contribution in [0.5, 0.6) is 0 Å². The van der Waals surface area contributed by atoms with Gasteiger partial charge >= 0.3 is 0 Å². The predicted molar refractivity (Wildman–Crippen MR) is 80.1 cm³/mol. The standard InChI is InChI=1S/C15H24ClN3O/c1-3-12-14(16)13(19(4-2)17-12)9-15(20)6-8-18-7-5-11(15)10-18/h11,20H,3-10H2,1-2H3. The fraction of sp³-hybridized carbons (Fsp3) is 0.800. The molecule has 4 nitrogen and oxygen atoms in total. The number of rotatable bonds is 4. The number of hydrogen-bond donors (Lipinski definition) is 1. The lowest BCUT2D eigenvalue weighted by molar-refractivity contribution is -0.0452. The van der Waals surface area contributed by atoms with E-state index < -0.39 is 5.60 Å². The summed E-state index contributed by atoms with van der Waals surface area (Å²) in [6, 6.07) is 0. The Morgan fingerprint density at radius 2 is 2.20 bits per heavy atom. The molecule has 2 aliphatic heterocycles. The highest BCUT2D eigenvalue weighted by atomic mass is 35.5. The number of nitrogens with zero attached hydrogens (tertiary/aromatic N) is 3. The molecule has 1 aromatic rings. The number of piperidine rings is 1. The minimum absolute atomic E-state index is 0.387. The number of halogens is 1. The van der Waals surface area contributed by atoms with E-state index >= 15 is 0 Å². The normalized spacial score (nSPS) is 32.8. The lowest BCUT2D eigenvalue weighted by atomic mass is 9.79. The van der Waals surface area contributed by atoms with Crippen molar-refractivity contribution in [1.82, 2.24) is 14.7 Å². The van der Waals surface area contributed by atoms with Gasteiger partial charge in [-0.25, -0.2) is 0 Å². The van der Waals surface area contributed by atoms with Crippen LogP contribution in [-0.4, -0.2) is 45.0 Å². The van der Waals surface area contributed by atoms with Gasteiger partial charge in [-0.3, -0.25) is 4.68 Å². The summed E-state index contributed by atoms with van der Waals surface area (Å²) in [4.78, 5) is 2.45. The van der Waals surface area contributed by atoms with Crippen LogP contribution in [0.2, 0.25) is 5.02 Å². The van der Waals surface area contributed by atoms with Crippen molar-refractivity contribution >= 4 is 11.6 Å². The molecule has 3 heterocycles. The van der Waals surface area contributed by atoms with E-state index in [-0.39, 0.29) is 0 Å². The van der Waals surface area contributed by atoms with Gasteiger partial charge in [0.25, 0.3) is 0 Å². The van der Waals surface area contributed by atoms with Crippen LogP contribution < -0.4 is 0 Å². The maximum atomic E-state index is 11.1. The number of aromatic nitrogens is 2. The molecule has 0 radical (unpaired) electrons. The van der Waals surface area contributed by atoms with Crippen molar-refractivity contribution in [2.75, 3.05) is 19.6 Å². The molecule has 1 N–H and O–H groups in total. The number of aryl methyl sites for hydroxylation is 2. The van der Waals surface area contributed by atoms with E-state index in [0.29, 0.717) is 12.3 Å². The molecule has 0 saturated carbocycles. The van der Waals surface area contributed by atoms with Crippen LogP contribution in [0.4, 0.5) is 0 Å². The van der Waals surface area contributed by atoms with Crippen LogP contribution in [0, 0.1) is 5.92 Å². The van der Waals surface area contributed by atoms with Gasteiger partial charge < -0.3 is 10.0 Å². The van der Waals surface area contributed by atoms with Crippen LogP contribution in [-0.2, 0) is 19.4 Å². The van der Waals surface area contributed by atoms with Gasteiger partial charge in [-0.05, 0) is 32.7 Å². The number of hydrogen-bond acceptors (Lipinski definition) is 3. The second-order valence-electron chi connectivity index (χ2n) is 6.19. The molecule has 112 valence electrons. The van der Waals surface area contributed by atoms with E-state index in [9.17, 15) is 5.11 Å². The second kappa shape index (κ2) is 5.32. The molecular weight excluding hydrogens is 274 g/mol. The molecule has 0 amide bonds. The highest BCUT2D eigenvalue weighted by Crippen LogP contribution is 2.39. The first-order chi connectivity index (χ1) is 9.57. The lowest BCUT2D eigenvalue weighted by Crippen LogP contribution is -2.48. The minimum Gasteiger partial charge on any atom is -0.389 e. The van der Waals surface area contributed by atoms with Gasteiger partial charge in [-0.1, -0.05) is 18.5 Å². The Morgan fingerprint density at radius 1 is 1.40 bits per heavy atom. The molecule has 2 aliphatic rings. The van der Waals surface area contributed by atoms with Gasteiger partial charge in [0.05, 0.1) is 22.0 Å². The molecule has 0 aromatic carbocycles. The van der Waals surface area contributed by atoms with Gasteiger partial charge in [-0.2, -0.15) is 5.10 Å². The van der Waals surface area contributed by atoms with Crippen molar-refractivity contribution in [3.8, 4) is 0 Å². The van der Waals surface area contributed by atoms with E-state index in [2.05, 4.69) is 23.8 Å². The van der Waals surface area contributed by atoms with Crippen molar-refractivity contribution in [3.05, 3.63) is 16.4 Å². The van der Waals surface area contributed by atoms with E-state index in [1.54, 1.807) is 0 Å². The van der Waals surface area contributed by atoms with Crippen LogP contribution in [0.1, 0.15) is 38.1 Å². The first kappa shape index (κ1) is 14.4. The summed E-state index contributed by atoms with van der Waals surface area (Å²) in [6.07, 6.45) is 3.44. The molecular formula is C15H24ClN3O. The molecule has 2 fully saturated rings. The van der Waals surface area contributed by atoms with Crippen LogP contribution in [0.25, 0.3) is 0 Å². The molecule has 5 heteroatoms. The van der Waals surface area contributed by atoms with Gasteiger partial charge in [0, 0.05) is 32.0 Å². The summed E-state index contributed by atoms with van der Waals surface area (Å²) >= 11 is 6.49. The van der Waals surface area contributed by atoms with Crippen molar-refractivity contribution in [3.63, 3.8) is 0 Å². The molecule has 2 saturated heterocycles. The monoisotopic (exact) mass is 297 g/mol. The molecule has 3 atom stereocenters. The summed E-state index contributed by atoms with van der Waals surface area (Å²) < 4.78 is 1.97. The molecule has 0 aliphatic carbocycles. The van der Waals surface area contributed by atoms with E-state index in [1.807, 2.05) is 4.68 Å². The van der Waals surface area contributed by atoms with Gasteiger partial charge in [0.15, 0.2) is 0 Å². The molecule has 3 rings (SSSR count). The summed E-state index contributed by atoms with van der Waals surface area (Å²) in [5, 5.41) is 16.4. The van der Waals surface area contributed by atoms with Gasteiger partial charge in [0.1, 0.15) is 0 Å². The topological polar surface area (TPSA) is 41.3 Å². The highest BCUT2D eigenvalue weighted by molar-refractivity contribution is 6.31. The maximum Gasteiger partial charge on any atom is 0.0850 e. The van der Waals surface area contributed by atoms with Crippen molar-refractivity contribution in [1.29, 1.82) is 0 Å². The van der Waals surface area contributed by atoms with Gasteiger partial charge in [0.2, 0.25) is 0 Å². The van der Waals surface area contributed by atoms with Gasteiger partial charge in [-0.15, -0.1) is 0 Å². The third-order valence-corrected chi connectivity index (χ3v) is 5.50. The minimum atomic E-state index is -0.603. The average Bonchev–Trinajstić information content (AvgIpc) is 2.99. The molecule has 3 unspecified atom stereocenters. The fourth-order valence-electron chi connectivity index (χ4n) is 3.74. The Bertz CT molecular complexity index is 502. The van der Waals surface area contributed by atoms with E-state index in [4.69, 9.17) is 11.6 Å². The molecule has 2 bridgehead atoms. The Labute approximate surface area is 125 Å². The van der Waals surface area contributed by atoms with Crippen molar-refractivity contribution in [2.45, 2.75) is 51.7 Å². The first-order valence-electron chi connectivity index (χ1n) is 7.76. The Hall–Kier alpha value is -0.580.